The molecule has 0 bridgehead atoms. The number of hydrogen-bond donors (Lipinski definition) is 1. The van der Waals surface area contributed by atoms with Crippen LogP contribution >= 0.6 is 0 Å². The van der Waals surface area contributed by atoms with Gasteiger partial charge in [-0.2, -0.15) is 5.10 Å². The van der Waals surface area contributed by atoms with Crippen LogP contribution in [0.3, 0.4) is 0 Å². The molecule has 0 saturated heterocycles. The molecule has 1 aromatic carbocycles. The van der Waals surface area contributed by atoms with Gasteiger partial charge in [-0.3, -0.25) is 0 Å². The second-order valence-electron chi connectivity index (χ2n) is 3.69. The molecule has 1 aromatic heterocycles. The van der Waals surface area contributed by atoms with E-state index in [4.69, 9.17) is 5.84 Å². The predicted molar refractivity (Wildman–Crippen MR) is 68.7 cm³/mol. The second-order valence-corrected chi connectivity index (χ2v) is 3.69. The molecule has 3 nitrogen and oxygen atoms in total. The molecule has 2 aromatic rings. The Morgan fingerprint density at radius 3 is 2.88 bits per heavy atom. The van der Waals surface area contributed by atoms with Crippen LogP contribution in [-0.4, -0.2) is 10.8 Å². The summed E-state index contributed by atoms with van der Waals surface area (Å²) >= 11 is 0. The van der Waals surface area contributed by atoms with Gasteiger partial charge in [0, 0.05) is 28.7 Å². The molecule has 0 aliphatic rings. The number of fused-ring (bicyclic) bond motifs is 1. The molecule has 1 heterocycles. The number of aromatic nitrogens is 1. The topological polar surface area (TPSA) is 43.3 Å². The number of nitrogens with zero attached hydrogens (tertiary/aromatic N) is 2. The Morgan fingerprint density at radius 2 is 2.19 bits per heavy atom. The highest BCUT2D eigenvalue weighted by Crippen LogP contribution is 2.24. The summed E-state index contributed by atoms with van der Waals surface area (Å²) < 4.78 is 2.21. The lowest BCUT2D eigenvalue weighted by Crippen LogP contribution is -1.98. The minimum atomic E-state index is 0.796. The van der Waals surface area contributed by atoms with E-state index < -0.39 is 0 Å². The van der Waals surface area contributed by atoms with Gasteiger partial charge in [-0.25, -0.2) is 0 Å². The molecular formula is C13H15N3. The molecule has 0 amide bonds. The van der Waals surface area contributed by atoms with E-state index in [2.05, 4.69) is 35.3 Å². The number of para-hydroxylation sites is 1. The van der Waals surface area contributed by atoms with Crippen molar-refractivity contribution in [3.63, 3.8) is 0 Å². The van der Waals surface area contributed by atoms with Crippen molar-refractivity contribution >= 4 is 17.1 Å². The molecule has 2 rings (SSSR count). The summed E-state index contributed by atoms with van der Waals surface area (Å²) in [7, 11) is 0. The van der Waals surface area contributed by atoms with Gasteiger partial charge in [0.25, 0.3) is 0 Å². The standard InChI is InChI=1S/C13H15N3/c1-3-8-16-10(2)12(9-15-14)11-6-4-5-7-13(11)16/h3-7,9H,1,8,14H2,2H3. The Balaban J connectivity index is 2.79. The van der Waals surface area contributed by atoms with Gasteiger partial charge in [0.1, 0.15) is 0 Å². The van der Waals surface area contributed by atoms with Crippen LogP contribution in [0.4, 0.5) is 0 Å². The van der Waals surface area contributed by atoms with E-state index in [0.29, 0.717) is 0 Å². The second kappa shape index (κ2) is 4.23. The zero-order chi connectivity index (χ0) is 11.5. The summed E-state index contributed by atoms with van der Waals surface area (Å²) in [4.78, 5) is 0. The Labute approximate surface area is 94.9 Å². The summed E-state index contributed by atoms with van der Waals surface area (Å²) in [6, 6.07) is 8.23. The van der Waals surface area contributed by atoms with Crippen molar-refractivity contribution < 1.29 is 0 Å². The highest BCUT2D eigenvalue weighted by molar-refractivity contribution is 6.01. The fraction of sp³-hybridized carbons (Fsp3) is 0.154. The van der Waals surface area contributed by atoms with Gasteiger partial charge in [0.05, 0.1) is 6.21 Å². The lowest BCUT2D eigenvalue weighted by Gasteiger charge is -2.03. The molecule has 0 atom stereocenters. The van der Waals surface area contributed by atoms with Crippen molar-refractivity contribution in [3.05, 3.63) is 48.2 Å². The molecule has 0 aliphatic carbocycles. The molecule has 82 valence electrons. The number of allylic oxidation sites excluding steroid dienone is 1. The first-order valence-corrected chi connectivity index (χ1v) is 5.21. The van der Waals surface area contributed by atoms with Crippen molar-refractivity contribution in [1.29, 1.82) is 0 Å². The van der Waals surface area contributed by atoms with E-state index in [1.165, 1.54) is 10.9 Å². The maximum Gasteiger partial charge on any atom is 0.0562 e. The van der Waals surface area contributed by atoms with E-state index in [1.807, 2.05) is 18.2 Å². The average molecular weight is 213 g/mol. The van der Waals surface area contributed by atoms with Gasteiger partial charge in [-0.1, -0.05) is 24.3 Å². The van der Waals surface area contributed by atoms with Crippen molar-refractivity contribution in [3.8, 4) is 0 Å². The van der Waals surface area contributed by atoms with E-state index in [9.17, 15) is 0 Å². The average Bonchev–Trinajstić information content (AvgIpc) is 2.56. The van der Waals surface area contributed by atoms with E-state index in [-0.39, 0.29) is 0 Å². The third-order valence-corrected chi connectivity index (χ3v) is 2.79. The highest BCUT2D eigenvalue weighted by Gasteiger charge is 2.10. The van der Waals surface area contributed by atoms with Gasteiger partial charge < -0.3 is 10.4 Å². The van der Waals surface area contributed by atoms with Crippen LogP contribution in [0.25, 0.3) is 10.9 Å². The molecule has 3 heteroatoms. The normalized spacial score (nSPS) is 11.3. The number of nitrogens with two attached hydrogens (primary N) is 1. The highest BCUT2D eigenvalue weighted by atomic mass is 15.1. The molecule has 0 saturated carbocycles. The minimum absolute atomic E-state index is 0.796. The lowest BCUT2D eigenvalue weighted by atomic mass is 10.1. The predicted octanol–water partition coefficient (Wildman–Crippen LogP) is 2.43. The zero-order valence-electron chi connectivity index (χ0n) is 9.35. The summed E-state index contributed by atoms with van der Waals surface area (Å²) in [5.41, 5.74) is 3.44. The zero-order valence-corrected chi connectivity index (χ0v) is 9.35. The smallest absolute Gasteiger partial charge is 0.0562 e. The molecular weight excluding hydrogens is 198 g/mol. The summed E-state index contributed by atoms with van der Waals surface area (Å²) in [6.07, 6.45) is 3.60. The fourth-order valence-electron chi connectivity index (χ4n) is 2.06. The van der Waals surface area contributed by atoms with Crippen LogP contribution in [0.5, 0.6) is 0 Å². The Bertz CT molecular complexity index is 550. The maximum atomic E-state index is 5.24. The molecule has 2 N–H and O–H groups in total. The number of rotatable bonds is 3. The van der Waals surface area contributed by atoms with Gasteiger partial charge in [-0.05, 0) is 13.0 Å². The molecule has 0 spiro atoms. The number of hydrogen-bond acceptors (Lipinski definition) is 2. The first-order valence-electron chi connectivity index (χ1n) is 5.21. The summed E-state index contributed by atoms with van der Waals surface area (Å²) in [5.74, 6) is 5.24. The fourth-order valence-corrected chi connectivity index (χ4v) is 2.06. The van der Waals surface area contributed by atoms with Gasteiger partial charge in [-0.15, -0.1) is 6.58 Å². The van der Waals surface area contributed by atoms with Gasteiger partial charge in [0.2, 0.25) is 0 Å². The van der Waals surface area contributed by atoms with Crippen molar-refractivity contribution in [2.75, 3.05) is 0 Å². The third kappa shape index (κ3) is 1.50. The molecule has 0 aliphatic heterocycles. The first-order chi connectivity index (χ1) is 7.79. The van der Waals surface area contributed by atoms with Crippen LogP contribution in [0.15, 0.2) is 42.0 Å². The summed E-state index contributed by atoms with van der Waals surface area (Å²) in [5, 5.41) is 4.80. The van der Waals surface area contributed by atoms with Crippen LogP contribution in [-0.2, 0) is 6.54 Å². The molecule has 0 unspecified atom stereocenters. The minimum Gasteiger partial charge on any atom is -0.340 e. The quantitative estimate of drug-likeness (QED) is 0.362. The Kier molecular flexibility index (Phi) is 2.77. The van der Waals surface area contributed by atoms with Crippen LogP contribution in [0, 0.1) is 6.92 Å². The number of hydrazone groups is 1. The molecule has 16 heavy (non-hydrogen) atoms. The van der Waals surface area contributed by atoms with Crippen molar-refractivity contribution in [2.45, 2.75) is 13.5 Å². The SMILES string of the molecule is C=CCn1c(C)c(C=NN)c2ccccc21. The van der Waals surface area contributed by atoms with E-state index in [1.54, 1.807) is 6.21 Å². The van der Waals surface area contributed by atoms with Gasteiger partial charge >= 0.3 is 0 Å². The van der Waals surface area contributed by atoms with Gasteiger partial charge in [0.15, 0.2) is 0 Å². The Morgan fingerprint density at radius 1 is 1.44 bits per heavy atom. The molecule has 0 radical (unpaired) electrons. The largest absolute Gasteiger partial charge is 0.340 e. The maximum absolute atomic E-state index is 5.24. The van der Waals surface area contributed by atoms with Crippen LogP contribution in [0.2, 0.25) is 0 Å². The van der Waals surface area contributed by atoms with E-state index in [0.717, 1.165) is 17.8 Å². The van der Waals surface area contributed by atoms with E-state index >= 15 is 0 Å². The monoisotopic (exact) mass is 213 g/mol. The Hall–Kier alpha value is -2.03. The molecule has 0 fully saturated rings. The summed E-state index contributed by atoms with van der Waals surface area (Å²) in [6.45, 7) is 6.65. The lowest BCUT2D eigenvalue weighted by molar-refractivity contribution is 0.828. The van der Waals surface area contributed by atoms with Crippen molar-refractivity contribution in [1.82, 2.24) is 4.57 Å². The van der Waals surface area contributed by atoms with Crippen LogP contribution < -0.4 is 5.84 Å². The number of benzene rings is 1. The van der Waals surface area contributed by atoms with Crippen molar-refractivity contribution in [2.24, 2.45) is 10.9 Å². The third-order valence-electron chi connectivity index (χ3n) is 2.79. The van der Waals surface area contributed by atoms with Crippen LogP contribution in [0.1, 0.15) is 11.3 Å². The first kappa shape index (κ1) is 10.5.